The molecule has 1 unspecified atom stereocenters. The minimum atomic E-state index is 0.0431. The van der Waals surface area contributed by atoms with E-state index >= 15 is 0 Å². The minimum absolute atomic E-state index is 0.0431. The number of aromatic nitrogens is 2. The summed E-state index contributed by atoms with van der Waals surface area (Å²) in [6.45, 7) is 4.12. The molecular formula is C26H21N5. The van der Waals surface area contributed by atoms with E-state index in [0.29, 0.717) is 5.56 Å². The summed E-state index contributed by atoms with van der Waals surface area (Å²) in [5.74, 6) is 0. The fourth-order valence-corrected chi connectivity index (χ4v) is 4.01. The predicted molar refractivity (Wildman–Crippen MR) is 125 cm³/mol. The maximum absolute atomic E-state index is 9.72. The summed E-state index contributed by atoms with van der Waals surface area (Å²) in [5, 5.41) is 14.2. The van der Waals surface area contributed by atoms with Crippen LogP contribution in [0.25, 0.3) is 22.0 Å². The molecule has 4 aromatic rings. The van der Waals surface area contributed by atoms with Crippen LogP contribution >= 0.6 is 0 Å². The van der Waals surface area contributed by atoms with Gasteiger partial charge in [-0.2, -0.15) is 5.26 Å². The zero-order valence-corrected chi connectivity index (χ0v) is 17.4. The third-order valence-corrected chi connectivity index (χ3v) is 5.66. The molecule has 0 amide bonds. The Hall–Kier alpha value is -4.04. The van der Waals surface area contributed by atoms with Crippen molar-refractivity contribution >= 4 is 28.0 Å². The molecule has 0 saturated heterocycles. The second kappa shape index (κ2) is 7.66. The lowest BCUT2D eigenvalue weighted by molar-refractivity contribution is 0.885. The molecule has 0 aliphatic carbocycles. The lowest BCUT2D eigenvalue weighted by Crippen LogP contribution is -2.08. The van der Waals surface area contributed by atoms with E-state index < -0.39 is 0 Å². The number of aliphatic imine (C=N–C) groups is 1. The molecule has 1 atom stereocenters. The van der Waals surface area contributed by atoms with E-state index in [1.54, 1.807) is 6.20 Å². The van der Waals surface area contributed by atoms with Crippen LogP contribution in [0, 0.1) is 11.3 Å². The average Bonchev–Trinajstić information content (AvgIpc) is 3.18. The number of rotatable bonds is 4. The molecule has 31 heavy (non-hydrogen) atoms. The number of hydrogen-bond donors (Lipinski definition) is 1. The molecule has 150 valence electrons. The summed E-state index contributed by atoms with van der Waals surface area (Å²) in [6, 6.07) is 20.7. The Morgan fingerprint density at radius 3 is 2.65 bits per heavy atom. The third-order valence-electron chi connectivity index (χ3n) is 5.66. The Bertz CT molecular complexity index is 1370. The molecule has 2 aromatic heterocycles. The van der Waals surface area contributed by atoms with Crippen LogP contribution in [0.2, 0.25) is 0 Å². The smallest absolute Gasteiger partial charge is 0.103 e. The fourth-order valence-electron chi connectivity index (χ4n) is 4.01. The normalized spacial score (nSPS) is 13.4. The van der Waals surface area contributed by atoms with Crippen molar-refractivity contribution < 1.29 is 0 Å². The van der Waals surface area contributed by atoms with Crippen LogP contribution in [0.15, 0.2) is 72.0 Å². The van der Waals surface area contributed by atoms with E-state index in [9.17, 15) is 5.26 Å². The molecule has 2 aromatic carbocycles. The van der Waals surface area contributed by atoms with Crippen molar-refractivity contribution in [2.45, 2.75) is 26.3 Å². The van der Waals surface area contributed by atoms with Crippen molar-refractivity contribution in [3.05, 3.63) is 83.8 Å². The molecule has 0 fully saturated rings. The zero-order valence-electron chi connectivity index (χ0n) is 17.4. The lowest BCUT2D eigenvalue weighted by atomic mass is 10.0. The van der Waals surface area contributed by atoms with Crippen LogP contribution in [0.5, 0.6) is 0 Å². The zero-order chi connectivity index (χ0) is 21.4. The molecule has 5 nitrogen and oxygen atoms in total. The van der Waals surface area contributed by atoms with Crippen LogP contribution in [0.3, 0.4) is 0 Å². The highest BCUT2D eigenvalue weighted by atomic mass is 14.9. The van der Waals surface area contributed by atoms with E-state index in [4.69, 9.17) is 0 Å². The molecular weight excluding hydrogens is 382 g/mol. The Kier molecular flexibility index (Phi) is 4.68. The van der Waals surface area contributed by atoms with Crippen molar-refractivity contribution in [1.29, 1.82) is 5.26 Å². The van der Waals surface area contributed by atoms with Gasteiger partial charge in [-0.05, 0) is 43.2 Å². The molecule has 0 bridgehead atoms. The van der Waals surface area contributed by atoms with Gasteiger partial charge in [0.1, 0.15) is 6.07 Å². The van der Waals surface area contributed by atoms with Gasteiger partial charge in [-0.25, -0.2) is 0 Å². The van der Waals surface area contributed by atoms with Crippen LogP contribution in [0.4, 0.5) is 11.4 Å². The number of nitrogens with zero attached hydrogens (tertiary/aromatic N) is 4. The van der Waals surface area contributed by atoms with Crippen LogP contribution < -0.4 is 5.32 Å². The number of anilines is 1. The number of nitrogens with one attached hydrogen (secondary N) is 1. The number of nitriles is 1. The van der Waals surface area contributed by atoms with Crippen molar-refractivity contribution in [3.63, 3.8) is 0 Å². The third kappa shape index (κ3) is 3.53. The first-order chi connectivity index (χ1) is 15.1. The topological polar surface area (TPSA) is 74.0 Å². The molecule has 3 heterocycles. The molecule has 1 N–H and O–H groups in total. The number of hydrogen-bond acceptors (Lipinski definition) is 5. The van der Waals surface area contributed by atoms with Crippen LogP contribution in [-0.2, 0) is 6.42 Å². The van der Waals surface area contributed by atoms with Crippen molar-refractivity contribution in [3.8, 4) is 17.2 Å². The van der Waals surface area contributed by atoms with Gasteiger partial charge < -0.3 is 5.32 Å². The van der Waals surface area contributed by atoms with Crippen molar-refractivity contribution in [2.75, 3.05) is 5.32 Å². The Morgan fingerprint density at radius 1 is 1.00 bits per heavy atom. The summed E-state index contributed by atoms with van der Waals surface area (Å²) < 4.78 is 0. The fraction of sp³-hybridized carbons (Fsp3) is 0.154. The monoisotopic (exact) mass is 403 g/mol. The molecule has 1 aliphatic rings. The number of fused-ring (bicyclic) bond motifs is 2. The summed E-state index contributed by atoms with van der Waals surface area (Å²) in [4.78, 5) is 13.7. The lowest BCUT2D eigenvalue weighted by Gasteiger charge is -2.18. The van der Waals surface area contributed by atoms with Crippen LogP contribution in [0.1, 0.15) is 36.7 Å². The van der Waals surface area contributed by atoms with Gasteiger partial charge in [0.15, 0.2) is 0 Å². The molecule has 5 heteroatoms. The standard InChI is InChI=1S/C26H21N5/c1-16-10-24-25(30-16)12-20(14-29-24)19-8-9-23-22(11-19)26(21(13-27)15-28-23)31-17(2)18-6-4-3-5-7-18/h3-9,11-12,14-15,17H,10H2,1-2H3,(H,28,31). The van der Waals surface area contributed by atoms with Gasteiger partial charge in [-0.1, -0.05) is 36.4 Å². The van der Waals surface area contributed by atoms with Gasteiger partial charge in [0.05, 0.1) is 28.1 Å². The second-order valence-electron chi connectivity index (χ2n) is 7.88. The first kappa shape index (κ1) is 19.0. The highest BCUT2D eigenvalue weighted by molar-refractivity contribution is 5.97. The van der Waals surface area contributed by atoms with E-state index in [1.807, 2.05) is 43.5 Å². The molecule has 0 saturated carbocycles. The first-order valence-electron chi connectivity index (χ1n) is 10.3. The van der Waals surface area contributed by atoms with Crippen molar-refractivity contribution in [1.82, 2.24) is 9.97 Å². The highest BCUT2D eigenvalue weighted by Crippen LogP contribution is 2.35. The number of benzene rings is 2. The number of pyridine rings is 2. The molecule has 0 spiro atoms. The Balaban J connectivity index is 1.60. The van der Waals surface area contributed by atoms with E-state index in [2.05, 4.69) is 57.5 Å². The summed E-state index contributed by atoms with van der Waals surface area (Å²) in [6.07, 6.45) is 4.35. The largest absolute Gasteiger partial charge is 0.377 e. The first-order valence-corrected chi connectivity index (χ1v) is 10.3. The summed E-state index contributed by atoms with van der Waals surface area (Å²) in [7, 11) is 0. The second-order valence-corrected chi connectivity index (χ2v) is 7.88. The Morgan fingerprint density at radius 2 is 1.84 bits per heavy atom. The predicted octanol–water partition coefficient (Wildman–Crippen LogP) is 5.99. The SMILES string of the molecule is CC1=Nc2cc(-c3ccc4ncc(C#N)c(NC(C)c5ccccc5)c4c3)cnc2C1. The van der Waals surface area contributed by atoms with E-state index in [0.717, 1.165) is 56.8 Å². The van der Waals surface area contributed by atoms with E-state index in [1.165, 1.54) is 0 Å². The summed E-state index contributed by atoms with van der Waals surface area (Å²) >= 11 is 0. The quantitative estimate of drug-likeness (QED) is 0.454. The maximum Gasteiger partial charge on any atom is 0.103 e. The van der Waals surface area contributed by atoms with E-state index in [-0.39, 0.29) is 6.04 Å². The molecule has 0 radical (unpaired) electrons. The maximum atomic E-state index is 9.72. The Labute approximate surface area is 181 Å². The highest BCUT2D eigenvalue weighted by Gasteiger charge is 2.16. The van der Waals surface area contributed by atoms with Crippen molar-refractivity contribution in [2.24, 2.45) is 4.99 Å². The van der Waals surface area contributed by atoms with Gasteiger partial charge in [0, 0.05) is 41.5 Å². The van der Waals surface area contributed by atoms with Gasteiger partial charge >= 0.3 is 0 Å². The van der Waals surface area contributed by atoms with Crippen LogP contribution in [-0.4, -0.2) is 15.7 Å². The van der Waals surface area contributed by atoms with Gasteiger partial charge in [-0.3, -0.25) is 15.0 Å². The molecule has 1 aliphatic heterocycles. The minimum Gasteiger partial charge on any atom is -0.377 e. The van der Waals surface area contributed by atoms with Gasteiger partial charge in [-0.15, -0.1) is 0 Å². The average molecular weight is 403 g/mol. The molecule has 5 rings (SSSR count). The van der Waals surface area contributed by atoms with Gasteiger partial charge in [0.2, 0.25) is 0 Å². The summed E-state index contributed by atoms with van der Waals surface area (Å²) in [5.41, 5.74) is 8.40. The van der Waals surface area contributed by atoms with Gasteiger partial charge in [0.25, 0.3) is 0 Å².